The average Bonchev–Trinajstić information content (AvgIpc) is 2.60. The predicted molar refractivity (Wildman–Crippen MR) is 103 cm³/mol. The van der Waals surface area contributed by atoms with E-state index in [0.717, 1.165) is 16.9 Å². The molecule has 0 bridgehead atoms. The third-order valence-electron chi connectivity index (χ3n) is 4.48. The summed E-state index contributed by atoms with van der Waals surface area (Å²) in [6.45, 7) is 7.90. The van der Waals surface area contributed by atoms with Crippen molar-refractivity contribution in [3.05, 3.63) is 53.6 Å². The van der Waals surface area contributed by atoms with Crippen molar-refractivity contribution in [2.24, 2.45) is 0 Å². The van der Waals surface area contributed by atoms with E-state index in [9.17, 15) is 9.59 Å². The van der Waals surface area contributed by atoms with Gasteiger partial charge in [0.15, 0.2) is 6.10 Å². The first kappa shape index (κ1) is 18.0. The highest BCUT2D eigenvalue weighted by atomic mass is 16.5. The molecule has 5 nitrogen and oxygen atoms in total. The Balaban J connectivity index is 1.85. The summed E-state index contributed by atoms with van der Waals surface area (Å²) in [6, 6.07) is 13.3. The number of ether oxygens (including phenoxy) is 1. The molecular formula is C21H24N2O3. The Morgan fingerprint density at radius 3 is 2.62 bits per heavy atom. The lowest BCUT2D eigenvalue weighted by atomic mass is 10.0. The molecule has 2 amide bonds. The van der Waals surface area contributed by atoms with Gasteiger partial charge in [0.25, 0.3) is 5.91 Å². The van der Waals surface area contributed by atoms with E-state index in [1.807, 2.05) is 43.3 Å². The highest BCUT2D eigenvalue weighted by Gasteiger charge is 2.30. The van der Waals surface area contributed by atoms with Crippen LogP contribution in [0.5, 0.6) is 5.75 Å². The van der Waals surface area contributed by atoms with Crippen molar-refractivity contribution in [3.8, 4) is 5.75 Å². The fraction of sp³-hybridized carbons (Fsp3) is 0.333. The highest BCUT2D eigenvalue weighted by Crippen LogP contribution is 2.31. The first-order chi connectivity index (χ1) is 12.4. The van der Waals surface area contributed by atoms with Crippen LogP contribution < -0.4 is 15.0 Å². The third kappa shape index (κ3) is 3.57. The van der Waals surface area contributed by atoms with Gasteiger partial charge in [0, 0.05) is 0 Å². The van der Waals surface area contributed by atoms with E-state index in [-0.39, 0.29) is 24.3 Å². The van der Waals surface area contributed by atoms with E-state index in [0.29, 0.717) is 11.4 Å². The zero-order valence-electron chi connectivity index (χ0n) is 15.6. The maximum absolute atomic E-state index is 13.0. The largest absolute Gasteiger partial charge is 0.481 e. The lowest BCUT2D eigenvalue weighted by molar-refractivity contribution is -0.126. The molecule has 1 aliphatic heterocycles. The van der Waals surface area contributed by atoms with E-state index in [2.05, 4.69) is 19.2 Å². The molecule has 136 valence electrons. The van der Waals surface area contributed by atoms with Crippen LogP contribution in [0.15, 0.2) is 42.5 Å². The molecule has 0 aliphatic carbocycles. The van der Waals surface area contributed by atoms with Crippen LogP contribution in [0.1, 0.15) is 37.8 Å². The first-order valence-corrected chi connectivity index (χ1v) is 8.84. The number of hydrogen-bond donors (Lipinski definition) is 1. The molecule has 2 aromatic carbocycles. The van der Waals surface area contributed by atoms with Gasteiger partial charge in [-0.3, -0.25) is 14.5 Å². The maximum atomic E-state index is 13.0. The van der Waals surface area contributed by atoms with E-state index in [1.54, 1.807) is 13.0 Å². The summed E-state index contributed by atoms with van der Waals surface area (Å²) in [4.78, 5) is 26.5. The lowest BCUT2D eigenvalue weighted by Gasteiger charge is -2.31. The summed E-state index contributed by atoms with van der Waals surface area (Å²) in [5.74, 6) is 0.566. The summed E-state index contributed by atoms with van der Waals surface area (Å²) in [7, 11) is 0. The molecule has 0 aromatic heterocycles. The number of amides is 2. The van der Waals surface area contributed by atoms with Crippen LogP contribution in [0.25, 0.3) is 0 Å². The molecule has 0 unspecified atom stereocenters. The molecule has 3 rings (SSSR count). The monoisotopic (exact) mass is 352 g/mol. The van der Waals surface area contributed by atoms with Crippen LogP contribution in [0.4, 0.5) is 11.4 Å². The fourth-order valence-corrected chi connectivity index (χ4v) is 3.11. The summed E-state index contributed by atoms with van der Waals surface area (Å²) >= 11 is 0. The number of hydrogen-bond acceptors (Lipinski definition) is 3. The number of nitrogens with one attached hydrogen (secondary N) is 1. The second-order valence-electron chi connectivity index (χ2n) is 6.95. The number of anilines is 2. The zero-order valence-corrected chi connectivity index (χ0v) is 15.6. The molecule has 0 fully saturated rings. The fourth-order valence-electron chi connectivity index (χ4n) is 3.11. The van der Waals surface area contributed by atoms with E-state index >= 15 is 0 Å². The molecular weight excluding hydrogens is 328 g/mol. The van der Waals surface area contributed by atoms with Gasteiger partial charge >= 0.3 is 0 Å². The second-order valence-corrected chi connectivity index (χ2v) is 6.95. The molecule has 1 N–H and O–H groups in total. The van der Waals surface area contributed by atoms with Gasteiger partial charge in [-0.25, -0.2) is 0 Å². The molecule has 26 heavy (non-hydrogen) atoms. The van der Waals surface area contributed by atoms with E-state index < -0.39 is 6.10 Å². The summed E-state index contributed by atoms with van der Waals surface area (Å²) in [5.41, 5.74) is 3.47. The highest BCUT2D eigenvalue weighted by molar-refractivity contribution is 6.10. The Morgan fingerprint density at radius 1 is 1.15 bits per heavy atom. The molecule has 5 heteroatoms. The number of para-hydroxylation sites is 2. The van der Waals surface area contributed by atoms with Crippen LogP contribution in [0, 0.1) is 6.92 Å². The van der Waals surface area contributed by atoms with Gasteiger partial charge in [0.2, 0.25) is 5.91 Å². The topological polar surface area (TPSA) is 58.6 Å². The van der Waals surface area contributed by atoms with E-state index in [1.165, 1.54) is 4.90 Å². The van der Waals surface area contributed by atoms with Crippen LogP contribution in [0.2, 0.25) is 0 Å². The van der Waals surface area contributed by atoms with Gasteiger partial charge < -0.3 is 10.1 Å². The van der Waals surface area contributed by atoms with Crippen molar-refractivity contribution in [1.82, 2.24) is 0 Å². The normalized spacial score (nSPS) is 14.7. The van der Waals surface area contributed by atoms with Gasteiger partial charge in [-0.15, -0.1) is 0 Å². The van der Waals surface area contributed by atoms with Crippen molar-refractivity contribution >= 4 is 23.2 Å². The molecule has 0 saturated carbocycles. The lowest BCUT2D eigenvalue weighted by Crippen LogP contribution is -2.47. The third-order valence-corrected chi connectivity index (χ3v) is 4.48. The molecule has 0 spiro atoms. The van der Waals surface area contributed by atoms with Crippen LogP contribution in [-0.2, 0) is 9.59 Å². The minimum absolute atomic E-state index is 0.00555. The van der Waals surface area contributed by atoms with Crippen molar-refractivity contribution in [2.45, 2.75) is 39.7 Å². The number of benzene rings is 2. The van der Waals surface area contributed by atoms with Gasteiger partial charge in [-0.05, 0) is 49.1 Å². The summed E-state index contributed by atoms with van der Waals surface area (Å²) in [6.07, 6.45) is -0.701. The summed E-state index contributed by atoms with van der Waals surface area (Å²) < 4.78 is 6.03. The minimum Gasteiger partial charge on any atom is -0.481 e. The van der Waals surface area contributed by atoms with Crippen LogP contribution in [0.3, 0.4) is 0 Å². The van der Waals surface area contributed by atoms with E-state index in [4.69, 9.17) is 4.74 Å². The molecule has 1 atom stereocenters. The molecule has 0 saturated heterocycles. The number of fused-ring (bicyclic) bond motifs is 1. The molecule has 2 aromatic rings. The number of aryl methyl sites for hydroxylation is 1. The predicted octanol–water partition coefficient (Wildman–Crippen LogP) is 3.87. The van der Waals surface area contributed by atoms with Gasteiger partial charge in [-0.2, -0.15) is 0 Å². The van der Waals surface area contributed by atoms with Gasteiger partial charge in [0.1, 0.15) is 12.3 Å². The number of rotatable bonds is 4. The standard InChI is InChI=1S/C21H24N2O3/c1-13(2)16-10-9-14(3)11-19(16)26-15(4)21(25)23-12-20(24)22-17-7-5-6-8-18(17)23/h5-11,13,15H,12H2,1-4H3,(H,22,24)/t15-/m1/s1. The van der Waals surface area contributed by atoms with Crippen molar-refractivity contribution in [1.29, 1.82) is 0 Å². The van der Waals surface area contributed by atoms with Crippen LogP contribution in [-0.4, -0.2) is 24.5 Å². The maximum Gasteiger partial charge on any atom is 0.268 e. The number of carbonyl (C=O) groups is 2. The Labute approximate surface area is 154 Å². The SMILES string of the molecule is Cc1ccc(C(C)C)c(O[C@H](C)C(=O)N2CC(=O)Nc3ccccc32)c1. The molecule has 1 heterocycles. The smallest absolute Gasteiger partial charge is 0.268 e. The molecule has 0 radical (unpaired) electrons. The quantitative estimate of drug-likeness (QED) is 0.909. The van der Waals surface area contributed by atoms with Crippen molar-refractivity contribution in [3.63, 3.8) is 0 Å². The average molecular weight is 352 g/mol. The Morgan fingerprint density at radius 2 is 1.88 bits per heavy atom. The number of nitrogens with zero attached hydrogens (tertiary/aromatic N) is 1. The zero-order chi connectivity index (χ0) is 18.8. The summed E-state index contributed by atoms with van der Waals surface area (Å²) in [5, 5.41) is 2.79. The minimum atomic E-state index is -0.701. The van der Waals surface area contributed by atoms with Gasteiger partial charge in [0.05, 0.1) is 11.4 Å². The Hall–Kier alpha value is -2.82. The van der Waals surface area contributed by atoms with Gasteiger partial charge in [-0.1, -0.05) is 38.1 Å². The first-order valence-electron chi connectivity index (χ1n) is 8.84. The Kier molecular flexibility index (Phi) is 4.98. The van der Waals surface area contributed by atoms with Crippen molar-refractivity contribution < 1.29 is 14.3 Å². The molecule has 1 aliphatic rings. The second kappa shape index (κ2) is 7.20. The Bertz CT molecular complexity index is 845. The van der Waals surface area contributed by atoms with Crippen LogP contribution >= 0.6 is 0 Å². The van der Waals surface area contributed by atoms with Crippen molar-refractivity contribution in [2.75, 3.05) is 16.8 Å². The number of carbonyl (C=O) groups excluding carboxylic acids is 2.